The monoisotopic (exact) mass is 305 g/mol. The number of aromatic nitrogens is 1. The number of halogens is 1. The van der Waals surface area contributed by atoms with Gasteiger partial charge in [0.05, 0.1) is 5.69 Å². The second kappa shape index (κ2) is 5.49. The van der Waals surface area contributed by atoms with E-state index in [2.05, 4.69) is 10.5 Å². The van der Waals surface area contributed by atoms with Crippen LogP contribution in [0.2, 0.25) is 0 Å². The molecule has 0 spiro atoms. The van der Waals surface area contributed by atoms with Crippen molar-refractivity contribution >= 4 is 16.3 Å². The number of nitrogens with one attached hydrogen (secondary N) is 1. The normalized spacial score (nSPS) is 16.9. The number of hydrogen-bond acceptors (Lipinski definition) is 5. The van der Waals surface area contributed by atoms with Crippen LogP contribution in [-0.4, -0.2) is 43.4 Å². The van der Waals surface area contributed by atoms with E-state index in [1.807, 2.05) is 6.92 Å². The van der Waals surface area contributed by atoms with Crippen LogP contribution in [0, 0.1) is 12.8 Å². The summed E-state index contributed by atoms with van der Waals surface area (Å²) in [6.07, 6.45) is 0.556. The van der Waals surface area contributed by atoms with E-state index in [0.717, 1.165) is 4.31 Å². The van der Waals surface area contributed by atoms with Gasteiger partial charge in [0.1, 0.15) is 11.3 Å². The molecule has 1 aromatic rings. The summed E-state index contributed by atoms with van der Waals surface area (Å²) in [6, 6.07) is 0. The van der Waals surface area contributed by atoms with Crippen LogP contribution in [0.5, 0.6) is 0 Å². The maximum Gasteiger partial charge on any atom is 0.374 e. The SMILES string of the molecule is CCc1onc(C)c1C(=O)NCC1CN(S(=O)(=O)F)C1. The van der Waals surface area contributed by atoms with Crippen molar-refractivity contribution in [2.45, 2.75) is 20.3 Å². The van der Waals surface area contributed by atoms with Gasteiger partial charge in [-0.3, -0.25) is 4.79 Å². The van der Waals surface area contributed by atoms with Gasteiger partial charge in [-0.05, 0) is 6.92 Å². The summed E-state index contributed by atoms with van der Waals surface area (Å²) in [5, 5.41) is 6.43. The van der Waals surface area contributed by atoms with Crippen LogP contribution in [0.3, 0.4) is 0 Å². The first-order valence-corrected chi connectivity index (χ1v) is 7.60. The average molecular weight is 305 g/mol. The third-order valence-electron chi connectivity index (χ3n) is 3.26. The molecule has 0 unspecified atom stereocenters. The third kappa shape index (κ3) is 2.98. The van der Waals surface area contributed by atoms with Crippen LogP contribution in [0.4, 0.5) is 3.89 Å². The average Bonchev–Trinajstić information content (AvgIpc) is 2.66. The largest absolute Gasteiger partial charge is 0.374 e. The number of carbonyl (C=O) groups is 1. The van der Waals surface area contributed by atoms with Gasteiger partial charge in [-0.1, -0.05) is 16.0 Å². The smallest absolute Gasteiger partial charge is 0.360 e. The van der Waals surface area contributed by atoms with Crippen LogP contribution in [-0.2, 0) is 16.8 Å². The second-order valence-electron chi connectivity index (χ2n) is 4.75. The lowest BCUT2D eigenvalue weighted by Crippen LogP contribution is -2.52. The number of aryl methyl sites for hydroxylation is 2. The number of nitrogens with zero attached hydrogens (tertiary/aromatic N) is 2. The van der Waals surface area contributed by atoms with Gasteiger partial charge < -0.3 is 9.84 Å². The lowest BCUT2D eigenvalue weighted by molar-refractivity contribution is 0.0926. The van der Waals surface area contributed by atoms with E-state index in [4.69, 9.17) is 4.52 Å². The zero-order chi connectivity index (χ0) is 14.9. The molecule has 9 heteroatoms. The molecule has 1 aliphatic heterocycles. The minimum Gasteiger partial charge on any atom is -0.360 e. The summed E-state index contributed by atoms with van der Waals surface area (Å²) >= 11 is 0. The number of amides is 1. The zero-order valence-electron chi connectivity index (χ0n) is 11.2. The van der Waals surface area contributed by atoms with E-state index >= 15 is 0 Å². The van der Waals surface area contributed by atoms with Crippen molar-refractivity contribution in [3.8, 4) is 0 Å². The molecular weight excluding hydrogens is 289 g/mol. The minimum absolute atomic E-state index is 0.0743. The summed E-state index contributed by atoms with van der Waals surface area (Å²) in [4.78, 5) is 12.0. The van der Waals surface area contributed by atoms with Gasteiger partial charge in [0, 0.05) is 32.0 Å². The van der Waals surface area contributed by atoms with Crippen molar-refractivity contribution in [2.75, 3.05) is 19.6 Å². The molecular formula is C11H16FN3O4S. The van der Waals surface area contributed by atoms with E-state index < -0.39 is 10.4 Å². The lowest BCUT2D eigenvalue weighted by atomic mass is 10.0. The fourth-order valence-electron chi connectivity index (χ4n) is 2.10. The number of rotatable bonds is 5. The van der Waals surface area contributed by atoms with Gasteiger partial charge in [0.2, 0.25) is 0 Å². The van der Waals surface area contributed by atoms with Crippen molar-refractivity contribution in [3.05, 3.63) is 17.0 Å². The third-order valence-corrected chi connectivity index (χ3v) is 4.18. The molecule has 0 radical (unpaired) electrons. The molecule has 0 aliphatic carbocycles. The minimum atomic E-state index is -4.60. The first kappa shape index (κ1) is 14.9. The van der Waals surface area contributed by atoms with Crippen LogP contribution < -0.4 is 5.32 Å². The predicted octanol–water partition coefficient (Wildman–Crippen LogP) is 0.421. The highest BCUT2D eigenvalue weighted by Gasteiger charge is 2.36. The van der Waals surface area contributed by atoms with Crippen LogP contribution in [0.1, 0.15) is 28.7 Å². The summed E-state index contributed by atoms with van der Waals surface area (Å²) < 4.78 is 39.5. The molecule has 7 nitrogen and oxygen atoms in total. The van der Waals surface area contributed by atoms with Gasteiger partial charge in [-0.2, -0.15) is 12.7 Å². The first-order valence-electron chi connectivity index (χ1n) is 6.26. The first-order chi connectivity index (χ1) is 9.32. The highest BCUT2D eigenvalue weighted by molar-refractivity contribution is 7.84. The Bertz CT molecular complexity index is 607. The molecule has 2 heterocycles. The van der Waals surface area contributed by atoms with Gasteiger partial charge in [-0.15, -0.1) is 0 Å². The molecule has 1 saturated heterocycles. The maximum absolute atomic E-state index is 12.6. The van der Waals surface area contributed by atoms with E-state index in [1.54, 1.807) is 6.92 Å². The molecule has 1 aliphatic rings. The molecule has 1 aromatic heterocycles. The van der Waals surface area contributed by atoms with Crippen LogP contribution in [0.15, 0.2) is 4.52 Å². The molecule has 1 N–H and O–H groups in total. The fraction of sp³-hybridized carbons (Fsp3) is 0.636. The predicted molar refractivity (Wildman–Crippen MR) is 68.0 cm³/mol. The standard InChI is InChI=1S/C11H16FN3O4S/c1-3-9-10(7(2)14-19-9)11(16)13-4-8-5-15(6-8)20(12,17)18/h8H,3-6H2,1-2H3,(H,13,16). The Morgan fingerprint density at radius 1 is 1.55 bits per heavy atom. The van der Waals surface area contributed by atoms with E-state index in [1.165, 1.54) is 0 Å². The Morgan fingerprint density at radius 3 is 2.75 bits per heavy atom. The fourth-order valence-corrected chi connectivity index (χ4v) is 2.88. The van der Waals surface area contributed by atoms with Crippen LogP contribution in [0.25, 0.3) is 0 Å². The molecule has 112 valence electrons. The van der Waals surface area contributed by atoms with Gasteiger partial charge >= 0.3 is 10.4 Å². The second-order valence-corrected chi connectivity index (χ2v) is 6.10. The summed E-state index contributed by atoms with van der Waals surface area (Å²) in [5.74, 6) is 0.137. The van der Waals surface area contributed by atoms with Crippen molar-refractivity contribution in [2.24, 2.45) is 5.92 Å². The molecule has 0 aromatic carbocycles. The Morgan fingerprint density at radius 2 is 2.20 bits per heavy atom. The molecule has 0 saturated carbocycles. The van der Waals surface area contributed by atoms with Crippen molar-refractivity contribution < 1.29 is 21.6 Å². The van der Waals surface area contributed by atoms with Crippen molar-refractivity contribution in [1.29, 1.82) is 0 Å². The van der Waals surface area contributed by atoms with E-state index in [9.17, 15) is 17.1 Å². The molecule has 0 atom stereocenters. The van der Waals surface area contributed by atoms with Crippen LogP contribution >= 0.6 is 0 Å². The molecule has 20 heavy (non-hydrogen) atoms. The highest BCUT2D eigenvalue weighted by Crippen LogP contribution is 2.20. The van der Waals surface area contributed by atoms with Crippen molar-refractivity contribution in [1.82, 2.24) is 14.8 Å². The van der Waals surface area contributed by atoms with Gasteiger partial charge in [0.15, 0.2) is 0 Å². The van der Waals surface area contributed by atoms with E-state index in [-0.39, 0.29) is 24.9 Å². The molecule has 1 amide bonds. The molecule has 0 bridgehead atoms. The Hall–Kier alpha value is -1.48. The van der Waals surface area contributed by atoms with Crippen molar-refractivity contribution in [3.63, 3.8) is 0 Å². The quantitative estimate of drug-likeness (QED) is 0.796. The Labute approximate surface area is 116 Å². The maximum atomic E-state index is 12.6. The van der Waals surface area contributed by atoms with Gasteiger partial charge in [-0.25, -0.2) is 0 Å². The Kier molecular flexibility index (Phi) is 4.09. The summed E-state index contributed by atoms with van der Waals surface area (Å²) in [6.45, 7) is 3.99. The number of carbonyl (C=O) groups excluding carboxylic acids is 1. The highest BCUT2D eigenvalue weighted by atomic mass is 32.3. The molecule has 1 fully saturated rings. The number of hydrogen-bond donors (Lipinski definition) is 1. The topological polar surface area (TPSA) is 92.5 Å². The summed E-state index contributed by atoms with van der Waals surface area (Å²) in [5.41, 5.74) is 0.933. The molecule has 2 rings (SSSR count). The zero-order valence-corrected chi connectivity index (χ0v) is 12.0. The lowest BCUT2D eigenvalue weighted by Gasteiger charge is -2.35. The van der Waals surface area contributed by atoms with E-state index in [0.29, 0.717) is 30.0 Å². The van der Waals surface area contributed by atoms with Gasteiger partial charge in [0.25, 0.3) is 5.91 Å². The Balaban J connectivity index is 1.87. The summed E-state index contributed by atoms with van der Waals surface area (Å²) in [7, 11) is -4.60.